The Balaban J connectivity index is 1.24. The van der Waals surface area contributed by atoms with Crippen LogP contribution in [-0.2, 0) is 19.1 Å². The fourth-order valence-corrected chi connectivity index (χ4v) is 6.18. The van der Waals surface area contributed by atoms with Crippen LogP contribution in [0.5, 0.6) is 0 Å². The van der Waals surface area contributed by atoms with Crippen molar-refractivity contribution in [3.8, 4) is 11.1 Å². The Morgan fingerprint density at radius 1 is 0.850 bits per heavy atom. The smallest absolute Gasteiger partial charge is 0.298 e. The molecule has 4 aromatic carbocycles. The van der Waals surface area contributed by atoms with Crippen LogP contribution in [0.2, 0.25) is 0 Å². The number of anilines is 2. The lowest BCUT2D eigenvalue weighted by Gasteiger charge is -2.13. The van der Waals surface area contributed by atoms with Crippen LogP contribution in [0, 0.1) is 0 Å². The molecule has 10 heteroatoms. The average Bonchev–Trinajstić information content (AvgIpc) is 3.39. The number of H-pyrrole nitrogens is 1. The summed E-state index contributed by atoms with van der Waals surface area (Å²) in [5, 5.41) is 4.32. The monoisotopic (exact) mass is 566 g/mol. The molecule has 0 saturated carbocycles. The standard InChI is InChI=1S/C30H22N4O4S2/c35-28(39-30-33-25-10-4-5-11-26(25)34-30)19-38-40(36,37)27-12-6-7-21-17-31-18-24(29(21)27)20-13-15-23(16-14-20)32-22-8-2-1-3-9-22/h1-18,32H,19H2,(H,33,34). The second kappa shape index (κ2) is 10.9. The predicted molar refractivity (Wildman–Crippen MR) is 157 cm³/mol. The Hall–Kier alpha value is -4.51. The van der Waals surface area contributed by atoms with Gasteiger partial charge in [0.25, 0.3) is 10.1 Å². The lowest BCUT2D eigenvalue weighted by molar-refractivity contribution is -0.112. The molecule has 0 aliphatic carbocycles. The van der Waals surface area contributed by atoms with Gasteiger partial charge in [-0.2, -0.15) is 8.42 Å². The number of fused-ring (bicyclic) bond motifs is 2. The lowest BCUT2D eigenvalue weighted by Crippen LogP contribution is -2.13. The first-order valence-electron chi connectivity index (χ1n) is 12.3. The van der Waals surface area contributed by atoms with E-state index in [1.165, 1.54) is 6.07 Å². The Bertz CT molecular complexity index is 1900. The number of nitrogens with one attached hydrogen (secondary N) is 2. The Labute approximate surface area is 234 Å². The molecule has 0 bridgehead atoms. The van der Waals surface area contributed by atoms with Crippen molar-refractivity contribution in [2.24, 2.45) is 0 Å². The van der Waals surface area contributed by atoms with Crippen molar-refractivity contribution in [1.29, 1.82) is 0 Å². The molecule has 0 fully saturated rings. The summed E-state index contributed by atoms with van der Waals surface area (Å²) in [7, 11) is -4.28. The highest BCUT2D eigenvalue weighted by atomic mass is 32.2. The number of carbonyl (C=O) groups is 1. The highest BCUT2D eigenvalue weighted by Gasteiger charge is 2.23. The summed E-state index contributed by atoms with van der Waals surface area (Å²) in [6, 6.07) is 29.7. The van der Waals surface area contributed by atoms with Gasteiger partial charge in [0.15, 0.2) is 5.16 Å². The number of aromatic nitrogens is 3. The molecule has 2 heterocycles. The number of benzene rings is 4. The zero-order valence-corrected chi connectivity index (χ0v) is 22.6. The van der Waals surface area contributed by atoms with Gasteiger partial charge in [0, 0.05) is 40.1 Å². The van der Waals surface area contributed by atoms with E-state index >= 15 is 0 Å². The van der Waals surface area contributed by atoms with Gasteiger partial charge in [-0.3, -0.25) is 14.0 Å². The third-order valence-corrected chi connectivity index (χ3v) is 8.22. The summed E-state index contributed by atoms with van der Waals surface area (Å²) >= 11 is 0.800. The van der Waals surface area contributed by atoms with Crippen molar-refractivity contribution in [1.82, 2.24) is 15.0 Å². The summed E-state index contributed by atoms with van der Waals surface area (Å²) in [5.74, 6) is 0. The fourth-order valence-electron chi connectivity index (χ4n) is 4.35. The minimum Gasteiger partial charge on any atom is -0.356 e. The first-order chi connectivity index (χ1) is 19.5. The van der Waals surface area contributed by atoms with Gasteiger partial charge in [-0.05, 0) is 59.8 Å². The van der Waals surface area contributed by atoms with Crippen LogP contribution in [0.4, 0.5) is 11.4 Å². The van der Waals surface area contributed by atoms with E-state index < -0.39 is 21.8 Å². The molecule has 8 nitrogen and oxygen atoms in total. The highest BCUT2D eigenvalue weighted by Crippen LogP contribution is 2.34. The van der Waals surface area contributed by atoms with E-state index in [9.17, 15) is 13.2 Å². The molecule has 0 spiro atoms. The number of rotatable bonds is 8. The fraction of sp³-hybridized carbons (Fsp3) is 0.0333. The summed E-state index contributed by atoms with van der Waals surface area (Å²) < 4.78 is 31.9. The zero-order chi connectivity index (χ0) is 27.5. The van der Waals surface area contributed by atoms with Crippen LogP contribution in [0.1, 0.15) is 0 Å². The Morgan fingerprint density at radius 2 is 1.60 bits per heavy atom. The van der Waals surface area contributed by atoms with Crippen LogP contribution < -0.4 is 5.32 Å². The number of carbonyl (C=O) groups excluding carboxylic acids is 1. The molecule has 2 N–H and O–H groups in total. The van der Waals surface area contributed by atoms with Crippen molar-refractivity contribution in [2.75, 3.05) is 11.9 Å². The summed E-state index contributed by atoms with van der Waals surface area (Å²) in [6.07, 6.45) is 3.23. The number of para-hydroxylation sites is 3. The van der Waals surface area contributed by atoms with Crippen molar-refractivity contribution < 1.29 is 17.4 Å². The van der Waals surface area contributed by atoms with Gasteiger partial charge >= 0.3 is 0 Å². The highest BCUT2D eigenvalue weighted by molar-refractivity contribution is 8.13. The number of hydrogen-bond acceptors (Lipinski definition) is 8. The minimum atomic E-state index is -4.28. The van der Waals surface area contributed by atoms with E-state index in [0.29, 0.717) is 27.0 Å². The summed E-state index contributed by atoms with van der Waals surface area (Å²) in [5.41, 5.74) is 4.77. The predicted octanol–water partition coefficient (Wildman–Crippen LogP) is 6.55. The molecule has 40 heavy (non-hydrogen) atoms. The Kier molecular flexibility index (Phi) is 7.04. The van der Waals surface area contributed by atoms with E-state index in [1.54, 1.807) is 24.5 Å². The van der Waals surface area contributed by atoms with Gasteiger partial charge in [0.05, 0.1) is 11.0 Å². The molecule has 2 aromatic heterocycles. The van der Waals surface area contributed by atoms with E-state index in [1.807, 2.05) is 78.9 Å². The van der Waals surface area contributed by atoms with Crippen LogP contribution in [0.3, 0.4) is 0 Å². The second-order valence-electron chi connectivity index (χ2n) is 8.86. The molecule has 0 saturated heterocycles. The van der Waals surface area contributed by atoms with Crippen molar-refractivity contribution in [3.05, 3.63) is 109 Å². The number of hydrogen-bond donors (Lipinski definition) is 2. The van der Waals surface area contributed by atoms with Crippen LogP contribution in [-0.4, -0.2) is 35.1 Å². The van der Waals surface area contributed by atoms with E-state index in [0.717, 1.165) is 34.2 Å². The van der Waals surface area contributed by atoms with Crippen LogP contribution >= 0.6 is 11.8 Å². The molecular weight excluding hydrogens is 544 g/mol. The van der Waals surface area contributed by atoms with Crippen molar-refractivity contribution in [3.63, 3.8) is 0 Å². The minimum absolute atomic E-state index is 0.0320. The molecule has 0 aliphatic heterocycles. The van der Waals surface area contributed by atoms with E-state index in [4.69, 9.17) is 4.18 Å². The molecule has 198 valence electrons. The Morgan fingerprint density at radius 3 is 2.40 bits per heavy atom. The average molecular weight is 567 g/mol. The van der Waals surface area contributed by atoms with E-state index in [2.05, 4.69) is 20.3 Å². The molecule has 0 amide bonds. The van der Waals surface area contributed by atoms with Gasteiger partial charge in [0.1, 0.15) is 11.5 Å². The molecule has 0 radical (unpaired) electrons. The molecule has 6 rings (SSSR count). The second-order valence-corrected chi connectivity index (χ2v) is 11.5. The van der Waals surface area contributed by atoms with Gasteiger partial charge in [0.2, 0.25) is 5.12 Å². The summed E-state index contributed by atoms with van der Waals surface area (Å²) in [6.45, 7) is -0.638. The normalized spacial score (nSPS) is 11.6. The van der Waals surface area contributed by atoms with E-state index in [-0.39, 0.29) is 4.90 Å². The van der Waals surface area contributed by atoms with Crippen molar-refractivity contribution >= 4 is 60.2 Å². The number of thioether (sulfide) groups is 1. The number of imidazole rings is 1. The quantitative estimate of drug-likeness (QED) is 0.158. The van der Waals surface area contributed by atoms with Gasteiger partial charge in [-0.15, -0.1) is 0 Å². The van der Waals surface area contributed by atoms with Gasteiger partial charge < -0.3 is 10.3 Å². The third kappa shape index (κ3) is 5.46. The maximum Gasteiger partial charge on any atom is 0.298 e. The molecule has 0 unspecified atom stereocenters. The topological polar surface area (TPSA) is 114 Å². The SMILES string of the molecule is O=C(COS(=O)(=O)c1cccc2cncc(-c3ccc(Nc4ccccc4)cc3)c12)Sc1nc2ccccc2[nH]1. The lowest BCUT2D eigenvalue weighted by atomic mass is 10.0. The van der Waals surface area contributed by atoms with Gasteiger partial charge in [-0.1, -0.05) is 54.6 Å². The maximum atomic E-state index is 13.3. The molecule has 0 aliphatic rings. The number of pyridine rings is 1. The largest absolute Gasteiger partial charge is 0.356 e. The molecule has 0 atom stereocenters. The van der Waals surface area contributed by atoms with Crippen LogP contribution in [0.25, 0.3) is 32.9 Å². The zero-order valence-electron chi connectivity index (χ0n) is 20.9. The summed E-state index contributed by atoms with van der Waals surface area (Å²) in [4.78, 5) is 24.2. The van der Waals surface area contributed by atoms with Gasteiger partial charge in [-0.25, -0.2) is 4.98 Å². The molecular formula is C30H22N4O4S2. The number of nitrogens with zero attached hydrogens (tertiary/aromatic N) is 2. The van der Waals surface area contributed by atoms with Crippen molar-refractivity contribution in [2.45, 2.75) is 10.1 Å². The number of aromatic amines is 1. The first kappa shape index (κ1) is 25.8. The molecule has 6 aromatic rings. The third-order valence-electron chi connectivity index (χ3n) is 6.18. The first-order valence-corrected chi connectivity index (χ1v) is 14.5. The van der Waals surface area contributed by atoms with Crippen LogP contribution in [0.15, 0.2) is 120 Å². The maximum absolute atomic E-state index is 13.3.